The summed E-state index contributed by atoms with van der Waals surface area (Å²) in [5, 5.41) is 13.1. The number of rotatable bonds is 3. The van der Waals surface area contributed by atoms with Crippen molar-refractivity contribution in [1.29, 1.82) is 0 Å². The third-order valence-electron chi connectivity index (χ3n) is 3.45. The number of nitrogens with one attached hydrogen (secondary N) is 1. The second-order valence-electron chi connectivity index (χ2n) is 4.80. The SMILES string of the molecule is CNCc1cccnc1N1CCC(C)C(O)C1. The summed E-state index contributed by atoms with van der Waals surface area (Å²) < 4.78 is 0. The second kappa shape index (κ2) is 5.47. The smallest absolute Gasteiger partial charge is 0.133 e. The maximum Gasteiger partial charge on any atom is 0.133 e. The fourth-order valence-electron chi connectivity index (χ4n) is 2.28. The highest BCUT2D eigenvalue weighted by Crippen LogP contribution is 2.24. The number of nitrogens with zero attached hydrogens (tertiary/aromatic N) is 2. The van der Waals surface area contributed by atoms with E-state index in [0.29, 0.717) is 12.5 Å². The second-order valence-corrected chi connectivity index (χ2v) is 4.80. The minimum atomic E-state index is -0.242. The average molecular weight is 235 g/mol. The van der Waals surface area contributed by atoms with Gasteiger partial charge in [0.2, 0.25) is 0 Å². The van der Waals surface area contributed by atoms with Crippen LogP contribution in [0.5, 0.6) is 0 Å². The number of aliphatic hydroxyl groups excluding tert-OH is 1. The monoisotopic (exact) mass is 235 g/mol. The standard InChI is InChI=1S/C13H21N3O/c1-10-5-7-16(9-12(10)17)13-11(8-14-2)4-3-6-15-13/h3-4,6,10,12,14,17H,5,7-9H2,1-2H3. The van der Waals surface area contributed by atoms with Crippen LogP contribution in [-0.2, 0) is 6.54 Å². The first-order chi connectivity index (χ1) is 8.22. The molecular formula is C13H21N3O. The van der Waals surface area contributed by atoms with Gasteiger partial charge in [0.15, 0.2) is 0 Å². The average Bonchev–Trinajstić information content (AvgIpc) is 2.34. The van der Waals surface area contributed by atoms with Gasteiger partial charge in [0.05, 0.1) is 6.10 Å². The van der Waals surface area contributed by atoms with Crippen molar-refractivity contribution in [1.82, 2.24) is 10.3 Å². The highest BCUT2D eigenvalue weighted by atomic mass is 16.3. The molecule has 0 bridgehead atoms. The lowest BCUT2D eigenvalue weighted by molar-refractivity contribution is 0.102. The number of β-amino-alcohol motifs (C(OH)–C–C–N with tert-alkyl or cyclic N) is 1. The first-order valence-corrected chi connectivity index (χ1v) is 6.24. The number of hydrogen-bond donors (Lipinski definition) is 2. The fourth-order valence-corrected chi connectivity index (χ4v) is 2.28. The Bertz CT molecular complexity index is 369. The summed E-state index contributed by atoms with van der Waals surface area (Å²) in [6.45, 7) is 4.58. The quantitative estimate of drug-likeness (QED) is 0.821. The van der Waals surface area contributed by atoms with E-state index in [4.69, 9.17) is 0 Å². The highest BCUT2D eigenvalue weighted by Gasteiger charge is 2.25. The molecule has 1 fully saturated rings. The molecule has 0 saturated carbocycles. The number of pyridine rings is 1. The van der Waals surface area contributed by atoms with E-state index in [2.05, 4.69) is 28.2 Å². The molecule has 2 heterocycles. The van der Waals surface area contributed by atoms with Gasteiger partial charge < -0.3 is 15.3 Å². The summed E-state index contributed by atoms with van der Waals surface area (Å²) in [5.74, 6) is 1.40. The van der Waals surface area contributed by atoms with E-state index in [1.54, 1.807) is 0 Å². The lowest BCUT2D eigenvalue weighted by Crippen LogP contribution is -2.43. The van der Waals surface area contributed by atoms with Crippen molar-refractivity contribution < 1.29 is 5.11 Å². The topological polar surface area (TPSA) is 48.4 Å². The van der Waals surface area contributed by atoms with Crippen LogP contribution in [0.25, 0.3) is 0 Å². The van der Waals surface area contributed by atoms with Gasteiger partial charge in [-0.1, -0.05) is 13.0 Å². The van der Waals surface area contributed by atoms with Crippen LogP contribution in [0.15, 0.2) is 18.3 Å². The van der Waals surface area contributed by atoms with E-state index in [1.807, 2.05) is 19.3 Å². The van der Waals surface area contributed by atoms with Gasteiger partial charge in [-0.15, -0.1) is 0 Å². The van der Waals surface area contributed by atoms with Gasteiger partial charge in [0.1, 0.15) is 5.82 Å². The lowest BCUT2D eigenvalue weighted by Gasteiger charge is -2.35. The van der Waals surface area contributed by atoms with Crippen molar-refractivity contribution in [2.45, 2.75) is 26.0 Å². The van der Waals surface area contributed by atoms with Crippen molar-refractivity contribution in [3.63, 3.8) is 0 Å². The molecule has 2 unspecified atom stereocenters. The van der Waals surface area contributed by atoms with Gasteiger partial charge in [0.25, 0.3) is 0 Å². The van der Waals surface area contributed by atoms with Gasteiger partial charge in [0, 0.05) is 31.4 Å². The lowest BCUT2D eigenvalue weighted by atomic mass is 9.96. The van der Waals surface area contributed by atoms with E-state index < -0.39 is 0 Å². The van der Waals surface area contributed by atoms with Crippen LogP contribution in [0.4, 0.5) is 5.82 Å². The third-order valence-corrected chi connectivity index (χ3v) is 3.45. The Kier molecular flexibility index (Phi) is 3.97. The zero-order chi connectivity index (χ0) is 12.3. The van der Waals surface area contributed by atoms with Crippen LogP contribution in [0, 0.1) is 5.92 Å². The van der Waals surface area contributed by atoms with Crippen molar-refractivity contribution in [3.05, 3.63) is 23.9 Å². The molecule has 1 saturated heterocycles. The molecule has 1 aliphatic heterocycles. The normalized spacial score (nSPS) is 25.0. The number of aliphatic hydroxyl groups is 1. The summed E-state index contributed by atoms with van der Waals surface area (Å²) in [4.78, 5) is 6.65. The minimum Gasteiger partial charge on any atom is -0.391 e. The maximum absolute atomic E-state index is 9.95. The number of hydrogen-bond acceptors (Lipinski definition) is 4. The Labute approximate surface area is 103 Å². The molecule has 2 N–H and O–H groups in total. The van der Waals surface area contributed by atoms with Crippen molar-refractivity contribution in [2.75, 3.05) is 25.0 Å². The van der Waals surface area contributed by atoms with Crippen LogP contribution in [0.3, 0.4) is 0 Å². The van der Waals surface area contributed by atoms with E-state index in [-0.39, 0.29) is 6.10 Å². The molecule has 4 heteroatoms. The van der Waals surface area contributed by atoms with Crippen molar-refractivity contribution >= 4 is 5.82 Å². The van der Waals surface area contributed by atoms with Crippen molar-refractivity contribution in [2.24, 2.45) is 5.92 Å². The number of piperidine rings is 1. The maximum atomic E-state index is 9.95. The van der Waals surface area contributed by atoms with Crippen LogP contribution in [0.2, 0.25) is 0 Å². The molecular weight excluding hydrogens is 214 g/mol. The largest absolute Gasteiger partial charge is 0.391 e. The molecule has 17 heavy (non-hydrogen) atoms. The molecule has 2 rings (SSSR count). The summed E-state index contributed by atoms with van der Waals surface area (Å²) in [6.07, 6.45) is 2.60. The first kappa shape index (κ1) is 12.3. The predicted octanol–water partition coefficient (Wildman–Crippen LogP) is 1.01. The predicted molar refractivity (Wildman–Crippen MR) is 69.0 cm³/mol. The number of anilines is 1. The van der Waals surface area contributed by atoms with Gasteiger partial charge in [-0.05, 0) is 25.5 Å². The molecule has 0 aromatic carbocycles. The highest BCUT2D eigenvalue weighted by molar-refractivity contribution is 5.47. The molecule has 2 atom stereocenters. The van der Waals surface area contributed by atoms with Gasteiger partial charge in [-0.25, -0.2) is 4.98 Å². The van der Waals surface area contributed by atoms with Gasteiger partial charge in [-0.2, -0.15) is 0 Å². The molecule has 94 valence electrons. The Morgan fingerprint density at radius 1 is 1.59 bits per heavy atom. The van der Waals surface area contributed by atoms with Gasteiger partial charge in [-0.3, -0.25) is 0 Å². The molecule has 0 radical (unpaired) electrons. The molecule has 1 aromatic heterocycles. The van der Waals surface area contributed by atoms with Crippen molar-refractivity contribution in [3.8, 4) is 0 Å². The Morgan fingerprint density at radius 3 is 3.12 bits per heavy atom. The third kappa shape index (κ3) is 2.76. The summed E-state index contributed by atoms with van der Waals surface area (Å²) in [6, 6.07) is 4.04. The molecule has 1 aliphatic rings. The summed E-state index contributed by atoms with van der Waals surface area (Å²) >= 11 is 0. The number of aromatic nitrogens is 1. The summed E-state index contributed by atoms with van der Waals surface area (Å²) in [5.41, 5.74) is 1.19. The fraction of sp³-hybridized carbons (Fsp3) is 0.615. The van der Waals surface area contributed by atoms with Crippen LogP contribution in [-0.4, -0.2) is 36.3 Å². The molecule has 0 aliphatic carbocycles. The van der Waals surface area contributed by atoms with E-state index >= 15 is 0 Å². The molecule has 0 amide bonds. The van der Waals surface area contributed by atoms with Crippen LogP contribution in [0.1, 0.15) is 18.9 Å². The molecule has 1 aromatic rings. The molecule has 4 nitrogen and oxygen atoms in total. The Hall–Kier alpha value is -1.13. The Balaban J connectivity index is 2.16. The van der Waals surface area contributed by atoms with Gasteiger partial charge >= 0.3 is 0 Å². The zero-order valence-corrected chi connectivity index (χ0v) is 10.6. The van der Waals surface area contributed by atoms with Crippen LogP contribution >= 0.6 is 0 Å². The zero-order valence-electron chi connectivity index (χ0n) is 10.6. The molecule has 0 spiro atoms. The Morgan fingerprint density at radius 2 is 2.41 bits per heavy atom. The minimum absolute atomic E-state index is 0.242. The van der Waals surface area contributed by atoms with E-state index in [9.17, 15) is 5.11 Å². The van der Waals surface area contributed by atoms with E-state index in [0.717, 1.165) is 25.3 Å². The summed E-state index contributed by atoms with van der Waals surface area (Å²) in [7, 11) is 1.93. The first-order valence-electron chi connectivity index (χ1n) is 6.24. The van der Waals surface area contributed by atoms with E-state index in [1.165, 1.54) is 5.56 Å². The van der Waals surface area contributed by atoms with Crippen LogP contribution < -0.4 is 10.2 Å².